The van der Waals surface area contributed by atoms with Crippen LogP contribution in [0.15, 0.2) is 53.4 Å². The highest BCUT2D eigenvalue weighted by Crippen LogP contribution is 2.36. The van der Waals surface area contributed by atoms with E-state index < -0.39 is 6.10 Å². The molecular formula is C21H28N2O3S. The standard InChI is InChI=1S/C21H28N2O3S/c1-15(2)12-23(27-17-8-9-20-21(11-17)26-14-25-20)13-19(24)18(22)10-16-6-4-3-5-7-16/h3-9,11,15,18-19,24H,10,12-14,22H2,1-2H3/t18-,19?/m0/s1. The van der Waals surface area contributed by atoms with Crippen molar-refractivity contribution in [3.05, 3.63) is 54.1 Å². The molecule has 27 heavy (non-hydrogen) atoms. The van der Waals surface area contributed by atoms with Crippen LogP contribution >= 0.6 is 11.9 Å². The second-order valence-corrected chi connectivity index (χ2v) is 8.44. The van der Waals surface area contributed by atoms with E-state index in [4.69, 9.17) is 15.2 Å². The van der Waals surface area contributed by atoms with E-state index in [1.165, 1.54) is 0 Å². The maximum atomic E-state index is 10.7. The van der Waals surface area contributed by atoms with Crippen LogP contribution in [-0.4, -0.2) is 41.4 Å². The Kier molecular flexibility index (Phi) is 7.01. The Morgan fingerprint density at radius 3 is 2.56 bits per heavy atom. The quantitative estimate of drug-likeness (QED) is 0.643. The van der Waals surface area contributed by atoms with Crippen molar-refractivity contribution >= 4 is 11.9 Å². The summed E-state index contributed by atoms with van der Waals surface area (Å²) in [4.78, 5) is 1.06. The van der Waals surface area contributed by atoms with Crippen LogP contribution in [0.4, 0.5) is 0 Å². The lowest BCUT2D eigenvalue weighted by Crippen LogP contribution is -2.43. The lowest BCUT2D eigenvalue weighted by molar-refractivity contribution is 0.119. The summed E-state index contributed by atoms with van der Waals surface area (Å²) in [5, 5.41) is 10.7. The maximum Gasteiger partial charge on any atom is 0.231 e. The predicted octanol–water partition coefficient (Wildman–Crippen LogP) is 3.31. The smallest absolute Gasteiger partial charge is 0.231 e. The Morgan fingerprint density at radius 1 is 1.07 bits per heavy atom. The molecule has 6 heteroatoms. The van der Waals surface area contributed by atoms with Gasteiger partial charge < -0.3 is 20.3 Å². The summed E-state index contributed by atoms with van der Waals surface area (Å²) in [5.41, 5.74) is 7.41. The average molecular weight is 389 g/mol. The van der Waals surface area contributed by atoms with Crippen molar-refractivity contribution in [1.29, 1.82) is 0 Å². The minimum absolute atomic E-state index is 0.270. The number of hydrogen-bond acceptors (Lipinski definition) is 6. The molecule has 3 rings (SSSR count). The molecule has 0 aromatic heterocycles. The third-order valence-electron chi connectivity index (χ3n) is 4.35. The van der Waals surface area contributed by atoms with Crippen molar-refractivity contribution < 1.29 is 14.6 Å². The van der Waals surface area contributed by atoms with Crippen molar-refractivity contribution in [3.63, 3.8) is 0 Å². The van der Waals surface area contributed by atoms with Crippen LogP contribution in [0, 0.1) is 5.92 Å². The van der Waals surface area contributed by atoms with Crippen molar-refractivity contribution in [2.75, 3.05) is 19.9 Å². The number of aliphatic hydroxyl groups is 1. The van der Waals surface area contributed by atoms with Gasteiger partial charge in [0.2, 0.25) is 6.79 Å². The lowest BCUT2D eigenvalue weighted by Gasteiger charge is -2.28. The van der Waals surface area contributed by atoms with Crippen LogP contribution in [0.5, 0.6) is 11.5 Å². The summed E-state index contributed by atoms with van der Waals surface area (Å²) in [6, 6.07) is 15.7. The maximum absolute atomic E-state index is 10.7. The van der Waals surface area contributed by atoms with E-state index in [1.807, 2.05) is 48.5 Å². The molecule has 0 saturated carbocycles. The predicted molar refractivity (Wildman–Crippen MR) is 109 cm³/mol. The first-order valence-corrected chi connectivity index (χ1v) is 10.1. The average Bonchev–Trinajstić information content (AvgIpc) is 3.09. The summed E-state index contributed by atoms with van der Waals surface area (Å²) >= 11 is 1.62. The molecule has 0 spiro atoms. The highest BCUT2D eigenvalue weighted by Gasteiger charge is 2.21. The van der Waals surface area contributed by atoms with E-state index >= 15 is 0 Å². The number of benzene rings is 2. The van der Waals surface area contributed by atoms with Gasteiger partial charge in [0.05, 0.1) is 6.10 Å². The molecule has 1 unspecified atom stereocenters. The van der Waals surface area contributed by atoms with Crippen LogP contribution in [0.2, 0.25) is 0 Å². The van der Waals surface area contributed by atoms with Crippen LogP contribution in [0.1, 0.15) is 19.4 Å². The van der Waals surface area contributed by atoms with Gasteiger partial charge in [-0.2, -0.15) is 0 Å². The third-order valence-corrected chi connectivity index (χ3v) is 5.37. The van der Waals surface area contributed by atoms with Gasteiger partial charge >= 0.3 is 0 Å². The van der Waals surface area contributed by atoms with Gasteiger partial charge in [0.1, 0.15) is 0 Å². The Hall–Kier alpha value is -1.73. The summed E-state index contributed by atoms with van der Waals surface area (Å²) in [7, 11) is 0. The Labute approximate surface area is 165 Å². The molecular weight excluding hydrogens is 360 g/mol. The molecule has 3 N–H and O–H groups in total. The largest absolute Gasteiger partial charge is 0.454 e. The van der Waals surface area contributed by atoms with Gasteiger partial charge in [0.25, 0.3) is 0 Å². The van der Waals surface area contributed by atoms with Crippen LogP contribution in [-0.2, 0) is 6.42 Å². The number of ether oxygens (including phenoxy) is 2. The second-order valence-electron chi connectivity index (χ2n) is 7.27. The fourth-order valence-electron chi connectivity index (χ4n) is 3.01. The monoisotopic (exact) mass is 388 g/mol. The van der Waals surface area contributed by atoms with Gasteiger partial charge in [-0.1, -0.05) is 44.2 Å². The van der Waals surface area contributed by atoms with Crippen LogP contribution in [0.25, 0.3) is 0 Å². The summed E-state index contributed by atoms with van der Waals surface area (Å²) in [6.07, 6.45) is 0.0529. The van der Waals surface area contributed by atoms with Gasteiger partial charge in [-0.05, 0) is 48.0 Å². The minimum atomic E-state index is -0.606. The highest BCUT2D eigenvalue weighted by atomic mass is 32.2. The van der Waals surface area contributed by atoms with Gasteiger partial charge in [-0.25, -0.2) is 4.31 Å². The first-order valence-electron chi connectivity index (χ1n) is 9.31. The Morgan fingerprint density at radius 2 is 1.81 bits per heavy atom. The molecule has 0 amide bonds. The van der Waals surface area contributed by atoms with Crippen molar-refractivity contribution in [3.8, 4) is 11.5 Å². The van der Waals surface area contributed by atoms with Gasteiger partial charge in [-0.15, -0.1) is 0 Å². The van der Waals surface area contributed by atoms with E-state index in [9.17, 15) is 5.11 Å². The zero-order valence-electron chi connectivity index (χ0n) is 15.9. The molecule has 2 atom stereocenters. The lowest BCUT2D eigenvalue weighted by atomic mass is 10.0. The molecule has 0 radical (unpaired) electrons. The molecule has 0 bridgehead atoms. The summed E-state index contributed by atoms with van der Waals surface area (Å²) in [6.45, 7) is 5.97. The number of hydrogen-bond donors (Lipinski definition) is 2. The topological polar surface area (TPSA) is 68.0 Å². The summed E-state index contributed by atoms with van der Waals surface area (Å²) in [5.74, 6) is 2.02. The number of rotatable bonds is 9. The Bertz CT molecular complexity index is 727. The van der Waals surface area contributed by atoms with Gasteiger partial charge in [0, 0.05) is 24.0 Å². The molecule has 2 aromatic rings. The Balaban J connectivity index is 1.61. The molecule has 5 nitrogen and oxygen atoms in total. The van der Waals surface area contributed by atoms with Crippen LogP contribution < -0.4 is 15.2 Å². The fraction of sp³-hybridized carbons (Fsp3) is 0.429. The third kappa shape index (κ3) is 5.87. The molecule has 146 valence electrons. The summed E-state index contributed by atoms with van der Waals surface area (Å²) < 4.78 is 13.0. The molecule has 1 aliphatic heterocycles. The zero-order valence-corrected chi connectivity index (χ0v) is 16.7. The first-order chi connectivity index (χ1) is 13.0. The zero-order chi connectivity index (χ0) is 19.2. The number of nitrogens with zero attached hydrogens (tertiary/aromatic N) is 1. The minimum Gasteiger partial charge on any atom is -0.454 e. The van der Waals surface area contributed by atoms with Gasteiger partial charge in [-0.3, -0.25) is 0 Å². The number of fused-ring (bicyclic) bond motifs is 1. The highest BCUT2D eigenvalue weighted by molar-refractivity contribution is 7.97. The molecule has 2 aromatic carbocycles. The van der Waals surface area contributed by atoms with E-state index in [1.54, 1.807) is 11.9 Å². The number of aliphatic hydroxyl groups excluding tert-OH is 1. The van der Waals surface area contributed by atoms with E-state index in [0.717, 1.165) is 28.5 Å². The van der Waals surface area contributed by atoms with Crippen LogP contribution in [0.3, 0.4) is 0 Å². The van der Waals surface area contributed by atoms with E-state index in [0.29, 0.717) is 18.9 Å². The molecule has 0 saturated heterocycles. The molecule has 0 aliphatic carbocycles. The molecule has 0 fully saturated rings. The normalized spacial score (nSPS) is 15.3. The van der Waals surface area contributed by atoms with Crippen molar-refractivity contribution in [2.24, 2.45) is 11.7 Å². The number of nitrogens with two attached hydrogens (primary N) is 1. The first kappa shape index (κ1) is 20.0. The SMILES string of the molecule is CC(C)CN(CC(O)[C@@H](N)Cc1ccccc1)Sc1ccc2c(c1)OCO2. The fourth-order valence-corrected chi connectivity index (χ4v) is 4.19. The van der Waals surface area contributed by atoms with Crippen molar-refractivity contribution in [2.45, 2.75) is 37.3 Å². The second kappa shape index (κ2) is 9.46. The molecule has 1 aliphatic rings. The molecule has 1 heterocycles. The van der Waals surface area contributed by atoms with E-state index in [2.05, 4.69) is 18.2 Å². The van der Waals surface area contributed by atoms with Gasteiger partial charge in [0.15, 0.2) is 11.5 Å². The van der Waals surface area contributed by atoms with E-state index in [-0.39, 0.29) is 12.8 Å². The van der Waals surface area contributed by atoms with Crippen molar-refractivity contribution in [1.82, 2.24) is 4.31 Å².